The van der Waals surface area contributed by atoms with Crippen LogP contribution in [0.3, 0.4) is 0 Å². The number of aromatic nitrogens is 4. The second kappa shape index (κ2) is 4.44. The predicted molar refractivity (Wildman–Crippen MR) is 72.8 cm³/mol. The second-order valence-corrected chi connectivity index (χ2v) is 4.58. The minimum atomic E-state index is -0.381. The lowest BCUT2D eigenvalue weighted by molar-refractivity contribution is -0.119. The van der Waals surface area contributed by atoms with Crippen molar-refractivity contribution >= 4 is 22.6 Å². The van der Waals surface area contributed by atoms with Gasteiger partial charge in [-0.2, -0.15) is 0 Å². The molecule has 1 aromatic carbocycles. The molecule has 0 radical (unpaired) electrons. The molecule has 7 heteroatoms. The van der Waals surface area contributed by atoms with E-state index in [2.05, 4.69) is 19.9 Å². The number of nitrogen functional groups attached to an aromatic ring is 1. The van der Waals surface area contributed by atoms with Crippen molar-refractivity contribution < 1.29 is 9.42 Å². The number of anilines is 1. The Morgan fingerprint density at radius 2 is 2.10 bits per heavy atom. The van der Waals surface area contributed by atoms with Crippen molar-refractivity contribution in [2.75, 3.05) is 5.73 Å². The minimum absolute atomic E-state index is 0.0180. The van der Waals surface area contributed by atoms with Gasteiger partial charge in [-0.1, -0.05) is 12.1 Å². The van der Waals surface area contributed by atoms with E-state index in [1.807, 2.05) is 31.2 Å². The van der Waals surface area contributed by atoms with E-state index in [-0.39, 0.29) is 17.6 Å². The summed E-state index contributed by atoms with van der Waals surface area (Å²) in [6.45, 7) is 3.34. The first-order valence-corrected chi connectivity index (χ1v) is 6.15. The first-order chi connectivity index (χ1) is 9.59. The number of nitrogens with two attached hydrogens (primary N) is 1. The molecule has 0 amide bonds. The zero-order valence-electron chi connectivity index (χ0n) is 11.1. The summed E-state index contributed by atoms with van der Waals surface area (Å²) in [7, 11) is 0. The molecule has 0 aliphatic rings. The van der Waals surface area contributed by atoms with E-state index in [0.29, 0.717) is 11.5 Å². The summed E-state index contributed by atoms with van der Waals surface area (Å²) >= 11 is 0. The second-order valence-electron chi connectivity index (χ2n) is 4.58. The van der Waals surface area contributed by atoms with Gasteiger partial charge in [-0.05, 0) is 36.3 Å². The average Bonchev–Trinajstić information content (AvgIpc) is 3.00. The largest absolute Gasteiger partial charge is 0.379 e. The number of para-hydroxylation sites is 2. The van der Waals surface area contributed by atoms with Gasteiger partial charge in [-0.25, -0.2) is 9.61 Å². The summed E-state index contributed by atoms with van der Waals surface area (Å²) in [5, 5.41) is 7.34. The Morgan fingerprint density at radius 3 is 2.75 bits per heavy atom. The lowest BCUT2D eigenvalue weighted by atomic mass is 10.2. The zero-order chi connectivity index (χ0) is 14.3. The van der Waals surface area contributed by atoms with Crippen LogP contribution in [0.2, 0.25) is 0 Å². The molecule has 20 heavy (non-hydrogen) atoms. The van der Waals surface area contributed by atoms with E-state index in [4.69, 9.17) is 5.73 Å². The lowest BCUT2D eigenvalue weighted by Crippen LogP contribution is -2.14. The fraction of sp³-hybridized carbons (Fsp3) is 0.231. The smallest absolute Gasteiger partial charge is 0.199 e. The first kappa shape index (κ1) is 12.3. The van der Waals surface area contributed by atoms with Gasteiger partial charge in [0.15, 0.2) is 23.1 Å². The average molecular weight is 271 g/mol. The molecule has 3 aromatic rings. The molecule has 3 rings (SSSR count). The van der Waals surface area contributed by atoms with Crippen molar-refractivity contribution in [1.82, 2.24) is 19.9 Å². The highest BCUT2D eigenvalue weighted by Crippen LogP contribution is 2.29. The molecule has 102 valence electrons. The molecular formula is C13H13N5O2. The van der Waals surface area contributed by atoms with Crippen LogP contribution in [0.25, 0.3) is 22.6 Å². The number of nitrogens with zero attached hydrogens (tertiary/aromatic N) is 4. The van der Waals surface area contributed by atoms with Crippen LogP contribution in [0.4, 0.5) is 5.82 Å². The summed E-state index contributed by atoms with van der Waals surface area (Å²) in [5.41, 5.74) is 7.68. The van der Waals surface area contributed by atoms with Gasteiger partial charge in [0.2, 0.25) is 0 Å². The monoisotopic (exact) mass is 271 g/mol. The van der Waals surface area contributed by atoms with Crippen molar-refractivity contribution in [3.05, 3.63) is 24.3 Å². The predicted octanol–water partition coefficient (Wildman–Crippen LogP) is 1.82. The minimum Gasteiger partial charge on any atom is -0.379 e. The molecule has 0 fully saturated rings. The molecule has 2 heterocycles. The number of rotatable bonds is 3. The molecule has 0 saturated heterocycles. The van der Waals surface area contributed by atoms with Gasteiger partial charge in [0.1, 0.15) is 0 Å². The Balaban J connectivity index is 2.34. The number of Topliss-reactive ketones (excluding diaryl/α,β-unsaturated/α-hetero) is 1. The number of benzene rings is 1. The van der Waals surface area contributed by atoms with Crippen LogP contribution < -0.4 is 5.73 Å². The van der Waals surface area contributed by atoms with Crippen LogP contribution in [0.15, 0.2) is 28.9 Å². The maximum atomic E-state index is 11.8. The molecule has 2 N–H and O–H groups in total. The Bertz CT molecular complexity index is 789. The third kappa shape index (κ3) is 1.75. The van der Waals surface area contributed by atoms with Gasteiger partial charge in [-0.15, -0.1) is 0 Å². The topological polar surface area (TPSA) is 99.8 Å². The van der Waals surface area contributed by atoms with E-state index in [9.17, 15) is 4.79 Å². The summed E-state index contributed by atoms with van der Waals surface area (Å²) < 4.78 is 6.43. The molecule has 2 aromatic heterocycles. The van der Waals surface area contributed by atoms with Crippen LogP contribution in [0.1, 0.15) is 19.9 Å². The van der Waals surface area contributed by atoms with E-state index >= 15 is 0 Å². The molecule has 0 bridgehead atoms. The highest BCUT2D eigenvalue weighted by Gasteiger charge is 2.23. The Hall–Kier alpha value is -2.70. The highest BCUT2D eigenvalue weighted by molar-refractivity contribution is 5.87. The summed E-state index contributed by atoms with van der Waals surface area (Å²) in [6.07, 6.45) is 0. The summed E-state index contributed by atoms with van der Waals surface area (Å²) in [6, 6.07) is 7.16. The van der Waals surface area contributed by atoms with Gasteiger partial charge < -0.3 is 10.3 Å². The van der Waals surface area contributed by atoms with Crippen LogP contribution in [0, 0.1) is 0 Å². The fourth-order valence-electron chi connectivity index (χ4n) is 2.14. The van der Waals surface area contributed by atoms with Crippen molar-refractivity contribution in [1.29, 1.82) is 0 Å². The number of fused-ring (bicyclic) bond motifs is 1. The number of carbonyl (C=O) groups is 1. The first-order valence-electron chi connectivity index (χ1n) is 6.15. The third-order valence-corrected chi connectivity index (χ3v) is 3.30. The van der Waals surface area contributed by atoms with Gasteiger partial charge >= 0.3 is 0 Å². The van der Waals surface area contributed by atoms with E-state index < -0.39 is 0 Å². The Morgan fingerprint density at radius 1 is 1.35 bits per heavy atom. The number of hydrogen-bond acceptors (Lipinski definition) is 6. The standard InChI is InChI=1S/C13H13N5O2/c1-7(8(2)19)18-10-6-4-3-5-9(10)15-13(18)11-12(14)17-20-16-11/h3-7H,1-2H3,(H2,14,17). The molecule has 1 unspecified atom stereocenters. The fourth-order valence-corrected chi connectivity index (χ4v) is 2.14. The number of ketones is 1. The van der Waals surface area contributed by atoms with Crippen molar-refractivity contribution in [2.45, 2.75) is 19.9 Å². The maximum absolute atomic E-state index is 11.8. The van der Waals surface area contributed by atoms with Gasteiger partial charge in [-0.3, -0.25) is 4.79 Å². The molecule has 7 nitrogen and oxygen atoms in total. The number of imidazole rings is 1. The SMILES string of the molecule is CC(=O)C(C)n1c(-c2nonc2N)nc2ccccc21. The van der Waals surface area contributed by atoms with E-state index in [1.165, 1.54) is 6.92 Å². The maximum Gasteiger partial charge on any atom is 0.199 e. The lowest BCUT2D eigenvalue weighted by Gasteiger charge is -2.13. The summed E-state index contributed by atoms with van der Waals surface area (Å²) in [4.78, 5) is 16.2. The molecule has 1 atom stereocenters. The zero-order valence-corrected chi connectivity index (χ0v) is 11.1. The van der Waals surface area contributed by atoms with Gasteiger partial charge in [0, 0.05) is 0 Å². The quantitative estimate of drug-likeness (QED) is 0.779. The van der Waals surface area contributed by atoms with E-state index in [1.54, 1.807) is 4.57 Å². The molecule has 0 saturated carbocycles. The molecule has 0 aliphatic heterocycles. The molecule has 0 aliphatic carbocycles. The Labute approximate surface area is 114 Å². The van der Waals surface area contributed by atoms with Gasteiger partial charge in [0.25, 0.3) is 0 Å². The van der Waals surface area contributed by atoms with Crippen LogP contribution in [-0.4, -0.2) is 25.6 Å². The third-order valence-electron chi connectivity index (χ3n) is 3.30. The number of hydrogen-bond donors (Lipinski definition) is 1. The van der Waals surface area contributed by atoms with E-state index in [0.717, 1.165) is 11.0 Å². The van der Waals surface area contributed by atoms with Gasteiger partial charge in [0.05, 0.1) is 17.1 Å². The highest BCUT2D eigenvalue weighted by atomic mass is 16.6. The molecule has 0 spiro atoms. The van der Waals surface area contributed by atoms with Crippen LogP contribution in [0.5, 0.6) is 0 Å². The Kier molecular flexibility index (Phi) is 2.74. The van der Waals surface area contributed by atoms with Crippen molar-refractivity contribution in [3.8, 4) is 11.5 Å². The summed E-state index contributed by atoms with van der Waals surface area (Å²) in [5.74, 6) is 0.648. The van der Waals surface area contributed by atoms with Crippen molar-refractivity contribution in [2.24, 2.45) is 0 Å². The van der Waals surface area contributed by atoms with Crippen LogP contribution in [-0.2, 0) is 4.79 Å². The number of carbonyl (C=O) groups excluding carboxylic acids is 1. The molecular weight excluding hydrogens is 258 g/mol. The van der Waals surface area contributed by atoms with Crippen molar-refractivity contribution in [3.63, 3.8) is 0 Å². The normalized spacial score (nSPS) is 12.7. The van der Waals surface area contributed by atoms with Crippen LogP contribution >= 0.6 is 0 Å².